The molecule has 0 bridgehead atoms. The molecule has 2 N–H and O–H groups in total. The van der Waals surface area contributed by atoms with Crippen molar-refractivity contribution in [1.82, 2.24) is 0 Å². The molecule has 3 aliphatic rings. The second kappa shape index (κ2) is 6.15. The lowest BCUT2D eigenvalue weighted by molar-refractivity contribution is -0.199. The van der Waals surface area contributed by atoms with Crippen LogP contribution >= 0.6 is 0 Å². The summed E-state index contributed by atoms with van der Waals surface area (Å²) in [6, 6.07) is 0. The first-order valence-electron chi connectivity index (χ1n) is 10.1. The quantitative estimate of drug-likeness (QED) is 0.570. The van der Waals surface area contributed by atoms with Crippen LogP contribution in [0.3, 0.4) is 0 Å². The standard InChI is InChI=1S/C22H34O5/c1-13(27-14(2)23)19(3)10-8-16-20(4)11-12-22(6,26)17(24)15(20)7-9-21(16,5)18(19)25/h8,10,13,15-17,24,26H,7,9,11-12H2,1-6H3/t13-,15?,16?,17?,19?,20?,21?,22?/m0/s1. The molecular weight excluding hydrogens is 344 g/mol. The van der Waals surface area contributed by atoms with E-state index in [0.29, 0.717) is 19.3 Å². The maximum absolute atomic E-state index is 13.7. The van der Waals surface area contributed by atoms with Crippen LogP contribution in [-0.4, -0.2) is 39.8 Å². The Morgan fingerprint density at radius 2 is 1.85 bits per heavy atom. The average molecular weight is 379 g/mol. The highest BCUT2D eigenvalue weighted by Crippen LogP contribution is 2.64. The van der Waals surface area contributed by atoms with Crippen LogP contribution in [-0.2, 0) is 14.3 Å². The molecule has 3 aliphatic carbocycles. The molecule has 27 heavy (non-hydrogen) atoms. The molecule has 2 saturated carbocycles. The van der Waals surface area contributed by atoms with E-state index >= 15 is 0 Å². The summed E-state index contributed by atoms with van der Waals surface area (Å²) in [4.78, 5) is 25.1. The molecule has 0 saturated heterocycles. The van der Waals surface area contributed by atoms with Gasteiger partial charge in [-0.05, 0) is 63.7 Å². The highest BCUT2D eigenvalue weighted by molar-refractivity contribution is 5.94. The van der Waals surface area contributed by atoms with Crippen molar-refractivity contribution < 1.29 is 24.5 Å². The van der Waals surface area contributed by atoms with Crippen molar-refractivity contribution in [2.24, 2.45) is 28.1 Å². The van der Waals surface area contributed by atoms with E-state index in [2.05, 4.69) is 13.0 Å². The van der Waals surface area contributed by atoms with Gasteiger partial charge in [-0.2, -0.15) is 0 Å². The van der Waals surface area contributed by atoms with Gasteiger partial charge < -0.3 is 14.9 Å². The number of aliphatic hydroxyl groups excluding tert-OH is 1. The molecule has 5 heteroatoms. The van der Waals surface area contributed by atoms with Gasteiger partial charge in [-0.25, -0.2) is 0 Å². The van der Waals surface area contributed by atoms with Gasteiger partial charge in [-0.3, -0.25) is 9.59 Å². The number of aliphatic hydroxyl groups is 2. The number of carbonyl (C=O) groups excluding carboxylic acids is 2. The molecule has 0 radical (unpaired) electrons. The van der Waals surface area contributed by atoms with Gasteiger partial charge in [-0.1, -0.05) is 26.0 Å². The Bertz CT molecular complexity index is 682. The lowest BCUT2D eigenvalue weighted by Gasteiger charge is -2.62. The minimum atomic E-state index is -1.07. The number of allylic oxidation sites excluding steroid dienone is 1. The van der Waals surface area contributed by atoms with E-state index in [-0.39, 0.29) is 29.0 Å². The van der Waals surface area contributed by atoms with E-state index in [1.165, 1.54) is 6.92 Å². The number of Topliss-reactive ketones (excluding diaryl/α,β-unsaturated/α-hetero) is 1. The van der Waals surface area contributed by atoms with E-state index in [9.17, 15) is 19.8 Å². The van der Waals surface area contributed by atoms with Crippen LogP contribution < -0.4 is 0 Å². The average Bonchev–Trinajstić information content (AvgIpc) is 2.56. The minimum absolute atomic E-state index is 0.000368. The first-order valence-corrected chi connectivity index (χ1v) is 10.1. The number of rotatable bonds is 2. The summed E-state index contributed by atoms with van der Waals surface area (Å²) < 4.78 is 5.38. The Hall–Kier alpha value is -1.20. The number of hydrogen-bond acceptors (Lipinski definition) is 5. The highest BCUT2D eigenvalue weighted by atomic mass is 16.5. The Labute approximate surface area is 162 Å². The molecule has 0 aromatic heterocycles. The molecule has 2 fully saturated rings. The Morgan fingerprint density at radius 1 is 1.22 bits per heavy atom. The van der Waals surface area contributed by atoms with Crippen LogP contribution in [0.1, 0.15) is 67.2 Å². The van der Waals surface area contributed by atoms with E-state index in [4.69, 9.17) is 4.74 Å². The molecule has 0 aromatic rings. The molecule has 8 atom stereocenters. The minimum Gasteiger partial charge on any atom is -0.461 e. The maximum Gasteiger partial charge on any atom is 0.302 e. The molecule has 7 unspecified atom stereocenters. The fourth-order valence-electron chi connectivity index (χ4n) is 6.23. The fourth-order valence-corrected chi connectivity index (χ4v) is 6.23. The zero-order chi connectivity index (χ0) is 20.4. The van der Waals surface area contributed by atoms with Gasteiger partial charge in [0.2, 0.25) is 0 Å². The van der Waals surface area contributed by atoms with Crippen molar-refractivity contribution in [3.05, 3.63) is 12.2 Å². The third kappa shape index (κ3) is 2.80. The van der Waals surface area contributed by atoms with Gasteiger partial charge in [-0.15, -0.1) is 0 Å². The van der Waals surface area contributed by atoms with Crippen molar-refractivity contribution >= 4 is 11.8 Å². The van der Waals surface area contributed by atoms with Crippen LogP contribution in [0.4, 0.5) is 0 Å². The van der Waals surface area contributed by atoms with Crippen LogP contribution in [0.5, 0.6) is 0 Å². The summed E-state index contributed by atoms with van der Waals surface area (Å²) in [6.07, 6.45) is 5.40. The number of ether oxygens (including phenoxy) is 1. The largest absolute Gasteiger partial charge is 0.461 e. The van der Waals surface area contributed by atoms with E-state index in [1.54, 1.807) is 13.8 Å². The lowest BCUT2D eigenvalue weighted by atomic mass is 9.42. The maximum atomic E-state index is 13.7. The molecule has 0 aromatic carbocycles. The lowest BCUT2D eigenvalue weighted by Crippen LogP contribution is -2.64. The van der Waals surface area contributed by atoms with E-state index < -0.39 is 28.6 Å². The van der Waals surface area contributed by atoms with Crippen LogP contribution in [0.15, 0.2) is 12.2 Å². The fraction of sp³-hybridized carbons (Fsp3) is 0.818. The molecule has 5 nitrogen and oxygen atoms in total. The summed E-state index contributed by atoms with van der Waals surface area (Å²) in [6.45, 7) is 10.9. The van der Waals surface area contributed by atoms with Crippen LogP contribution in [0.2, 0.25) is 0 Å². The third-order valence-corrected chi connectivity index (χ3v) is 8.24. The summed E-state index contributed by atoms with van der Waals surface area (Å²) in [5, 5.41) is 21.4. The summed E-state index contributed by atoms with van der Waals surface area (Å²) in [7, 11) is 0. The topological polar surface area (TPSA) is 83.8 Å². The Balaban J connectivity index is 2.00. The van der Waals surface area contributed by atoms with Gasteiger partial charge in [0.25, 0.3) is 0 Å². The molecule has 0 heterocycles. The van der Waals surface area contributed by atoms with Crippen molar-refractivity contribution in [1.29, 1.82) is 0 Å². The summed E-state index contributed by atoms with van der Waals surface area (Å²) >= 11 is 0. The highest BCUT2D eigenvalue weighted by Gasteiger charge is 2.64. The number of hydrogen-bond donors (Lipinski definition) is 2. The van der Waals surface area contributed by atoms with Gasteiger partial charge in [0.1, 0.15) is 6.10 Å². The molecule has 0 aliphatic heterocycles. The number of fused-ring (bicyclic) bond motifs is 3. The number of carbonyl (C=O) groups is 2. The molecular formula is C22H34O5. The molecule has 152 valence electrons. The zero-order valence-electron chi connectivity index (χ0n) is 17.4. The van der Waals surface area contributed by atoms with Crippen LogP contribution in [0, 0.1) is 28.1 Å². The monoisotopic (exact) mass is 378 g/mol. The summed E-state index contributed by atoms with van der Waals surface area (Å²) in [5.74, 6) is -0.306. The first kappa shape index (κ1) is 20.5. The van der Waals surface area contributed by atoms with Crippen molar-refractivity contribution in [3.63, 3.8) is 0 Å². The first-order chi connectivity index (χ1) is 12.3. The normalized spacial score (nSPS) is 50.5. The predicted octanol–water partition coefficient (Wildman–Crippen LogP) is 3.03. The van der Waals surface area contributed by atoms with Gasteiger partial charge in [0.05, 0.1) is 17.1 Å². The molecule has 3 rings (SSSR count). The van der Waals surface area contributed by atoms with Crippen molar-refractivity contribution in [2.75, 3.05) is 0 Å². The van der Waals surface area contributed by atoms with Crippen molar-refractivity contribution in [2.45, 2.75) is 85.0 Å². The predicted molar refractivity (Wildman–Crippen MR) is 102 cm³/mol. The third-order valence-electron chi connectivity index (χ3n) is 8.24. The van der Waals surface area contributed by atoms with Gasteiger partial charge in [0.15, 0.2) is 5.78 Å². The van der Waals surface area contributed by atoms with E-state index in [0.717, 1.165) is 6.42 Å². The number of esters is 1. The number of ketones is 1. The molecule has 0 spiro atoms. The Kier molecular flexibility index (Phi) is 4.68. The van der Waals surface area contributed by atoms with Crippen LogP contribution in [0.25, 0.3) is 0 Å². The second-order valence-electron chi connectivity index (χ2n) is 10.1. The van der Waals surface area contributed by atoms with Crippen molar-refractivity contribution in [3.8, 4) is 0 Å². The van der Waals surface area contributed by atoms with E-state index in [1.807, 2.05) is 19.9 Å². The summed E-state index contributed by atoms with van der Waals surface area (Å²) in [5.41, 5.74) is -2.73. The second-order valence-corrected chi connectivity index (χ2v) is 10.1. The molecule has 0 amide bonds. The SMILES string of the molecule is CC(=O)O[C@@H](C)C1(C)C=CC2C(C)(CCC3C(O)C(C)(O)CCC32C)C1=O. The zero-order valence-corrected chi connectivity index (χ0v) is 17.4. The Morgan fingerprint density at radius 3 is 2.44 bits per heavy atom. The van der Waals surface area contributed by atoms with Gasteiger partial charge >= 0.3 is 5.97 Å². The van der Waals surface area contributed by atoms with Gasteiger partial charge in [0, 0.05) is 12.3 Å². The smallest absolute Gasteiger partial charge is 0.302 e.